The summed E-state index contributed by atoms with van der Waals surface area (Å²) in [4.78, 5) is 29.1. The van der Waals surface area contributed by atoms with Crippen molar-refractivity contribution in [1.29, 1.82) is 0 Å². The van der Waals surface area contributed by atoms with Gasteiger partial charge in [0.05, 0.1) is 16.2 Å². The van der Waals surface area contributed by atoms with Gasteiger partial charge in [-0.2, -0.15) is 0 Å². The fourth-order valence-electron chi connectivity index (χ4n) is 1.85. The summed E-state index contributed by atoms with van der Waals surface area (Å²) >= 11 is 12.8. The minimum atomic E-state index is -3.25. The lowest BCUT2D eigenvalue weighted by atomic mass is 10.3. The van der Waals surface area contributed by atoms with E-state index in [-0.39, 0.29) is 28.2 Å². The smallest absolute Gasteiger partial charge is 0.359 e. The molecule has 1 N–H and O–H groups in total. The Labute approximate surface area is 164 Å². The quantitative estimate of drug-likeness (QED) is 0.387. The number of carbonyl (C=O) groups is 2. The molecule has 11 heteroatoms. The second kappa shape index (κ2) is 8.92. The van der Waals surface area contributed by atoms with Crippen LogP contribution in [0.15, 0.2) is 24.3 Å². The molecular formula is C15H14Cl2N2O5S2. The van der Waals surface area contributed by atoms with Gasteiger partial charge in [0, 0.05) is 11.4 Å². The first-order valence-electron chi connectivity index (χ1n) is 7.21. The molecule has 0 unspecified atom stereocenters. The Bertz CT molecular complexity index is 928. The number of rotatable bonds is 8. The van der Waals surface area contributed by atoms with Gasteiger partial charge >= 0.3 is 5.97 Å². The van der Waals surface area contributed by atoms with E-state index in [0.717, 1.165) is 11.1 Å². The fourth-order valence-corrected chi connectivity index (χ4v) is 3.59. The number of pyridine rings is 1. The van der Waals surface area contributed by atoms with Crippen molar-refractivity contribution in [2.45, 2.75) is 6.42 Å². The van der Waals surface area contributed by atoms with E-state index in [1.54, 1.807) is 12.1 Å². The largest absolute Gasteiger partial charge is 0.452 e. The maximum atomic E-state index is 12.1. The van der Waals surface area contributed by atoms with Crippen molar-refractivity contribution in [2.24, 2.45) is 0 Å². The van der Waals surface area contributed by atoms with E-state index in [9.17, 15) is 18.0 Å². The zero-order valence-electron chi connectivity index (χ0n) is 13.5. The van der Waals surface area contributed by atoms with E-state index < -0.39 is 22.6 Å². The molecule has 140 valence electrons. The molecule has 0 bridgehead atoms. The van der Waals surface area contributed by atoms with Crippen LogP contribution in [0.5, 0.6) is 0 Å². The van der Waals surface area contributed by atoms with E-state index in [1.165, 1.54) is 23.5 Å². The van der Waals surface area contributed by atoms with E-state index in [4.69, 9.17) is 27.9 Å². The molecule has 0 radical (unpaired) electrons. The summed E-state index contributed by atoms with van der Waals surface area (Å²) in [5.41, 5.74) is -0.161. The summed E-state index contributed by atoms with van der Waals surface area (Å²) in [5.74, 6) is -1.23. The third-order valence-electron chi connectivity index (χ3n) is 3.01. The number of esters is 1. The summed E-state index contributed by atoms with van der Waals surface area (Å²) in [6.45, 7) is -0.230. The molecule has 0 saturated heterocycles. The van der Waals surface area contributed by atoms with Gasteiger partial charge in [-0.15, -0.1) is 11.3 Å². The molecule has 2 heterocycles. The predicted octanol–water partition coefficient (Wildman–Crippen LogP) is 2.58. The zero-order chi connectivity index (χ0) is 19.3. The number of Topliss-reactive ketones (excluding diaryl/α,β-unsaturated/α-hetero) is 1. The number of nitrogens with zero attached hydrogens (tertiary/aromatic N) is 1. The number of sulfonamides is 1. The molecular weight excluding hydrogens is 423 g/mol. The number of aromatic nitrogens is 1. The van der Waals surface area contributed by atoms with Gasteiger partial charge in [-0.05, 0) is 30.7 Å². The molecule has 0 fully saturated rings. The SMILES string of the molecule is CS(=O)(=O)NCCc1ccc(C(=O)COC(=O)c2nc(Cl)ccc2Cl)s1. The van der Waals surface area contributed by atoms with Crippen molar-refractivity contribution in [3.8, 4) is 0 Å². The number of hydrogen-bond donors (Lipinski definition) is 1. The van der Waals surface area contributed by atoms with Crippen LogP contribution in [0.4, 0.5) is 0 Å². The van der Waals surface area contributed by atoms with Gasteiger partial charge in [0.2, 0.25) is 15.8 Å². The Morgan fingerprint density at radius 2 is 1.96 bits per heavy atom. The normalized spacial score (nSPS) is 11.3. The lowest BCUT2D eigenvalue weighted by Gasteiger charge is -2.04. The Kier molecular flexibility index (Phi) is 7.13. The Balaban J connectivity index is 1.90. The van der Waals surface area contributed by atoms with Crippen LogP contribution in [-0.4, -0.2) is 44.6 Å². The monoisotopic (exact) mass is 436 g/mol. The van der Waals surface area contributed by atoms with Gasteiger partial charge < -0.3 is 4.74 Å². The average Bonchev–Trinajstić information content (AvgIpc) is 3.02. The molecule has 26 heavy (non-hydrogen) atoms. The molecule has 0 saturated carbocycles. The summed E-state index contributed by atoms with van der Waals surface area (Å²) in [6, 6.07) is 6.16. The lowest BCUT2D eigenvalue weighted by Crippen LogP contribution is -2.24. The molecule has 0 aliphatic rings. The van der Waals surface area contributed by atoms with Gasteiger partial charge in [0.1, 0.15) is 5.15 Å². The highest BCUT2D eigenvalue weighted by Gasteiger charge is 2.17. The topological polar surface area (TPSA) is 102 Å². The van der Waals surface area contributed by atoms with Gasteiger partial charge in [0.15, 0.2) is 12.3 Å². The van der Waals surface area contributed by atoms with Crippen LogP contribution in [0.1, 0.15) is 25.0 Å². The first-order chi connectivity index (χ1) is 12.2. The second-order valence-electron chi connectivity index (χ2n) is 5.15. The van der Waals surface area contributed by atoms with Crippen molar-refractivity contribution in [3.63, 3.8) is 0 Å². The number of nitrogens with one attached hydrogen (secondary N) is 1. The highest BCUT2D eigenvalue weighted by molar-refractivity contribution is 7.88. The maximum absolute atomic E-state index is 12.1. The zero-order valence-corrected chi connectivity index (χ0v) is 16.6. The highest BCUT2D eigenvalue weighted by Crippen LogP contribution is 2.19. The first-order valence-corrected chi connectivity index (χ1v) is 10.7. The van der Waals surface area contributed by atoms with Crippen LogP contribution in [0.25, 0.3) is 0 Å². The van der Waals surface area contributed by atoms with E-state index >= 15 is 0 Å². The van der Waals surface area contributed by atoms with Gasteiger partial charge in [-0.3, -0.25) is 4.79 Å². The summed E-state index contributed by atoms with van der Waals surface area (Å²) < 4.78 is 29.3. The van der Waals surface area contributed by atoms with Crippen molar-refractivity contribution < 1.29 is 22.7 Å². The molecule has 2 aromatic heterocycles. The number of hydrogen-bond acceptors (Lipinski definition) is 7. The van der Waals surface area contributed by atoms with Crippen LogP contribution in [0, 0.1) is 0 Å². The molecule has 7 nitrogen and oxygen atoms in total. The molecule has 0 aliphatic heterocycles. The standard InChI is InChI=1S/C15H14Cl2N2O5S2/c1-26(22,23)18-7-6-9-2-4-12(25-9)11(20)8-24-15(21)14-10(16)3-5-13(17)19-14/h2-5,18H,6-8H2,1H3. The van der Waals surface area contributed by atoms with E-state index in [2.05, 4.69) is 9.71 Å². The number of thiophene rings is 1. The van der Waals surface area contributed by atoms with Crippen molar-refractivity contribution >= 4 is 56.3 Å². The van der Waals surface area contributed by atoms with Crippen LogP contribution in [0.2, 0.25) is 10.2 Å². The van der Waals surface area contributed by atoms with Gasteiger partial charge in [0.25, 0.3) is 0 Å². The predicted molar refractivity (Wildman–Crippen MR) is 99.7 cm³/mol. The maximum Gasteiger partial charge on any atom is 0.359 e. The Hall–Kier alpha value is -1.52. The number of ether oxygens (including phenoxy) is 1. The third-order valence-corrected chi connectivity index (χ3v) is 5.44. The van der Waals surface area contributed by atoms with Crippen LogP contribution in [0.3, 0.4) is 0 Å². The molecule has 0 aromatic carbocycles. The molecule has 0 spiro atoms. The number of ketones is 1. The first kappa shape index (κ1) is 20.8. The van der Waals surface area contributed by atoms with Crippen LogP contribution >= 0.6 is 34.5 Å². The molecule has 0 amide bonds. The van der Waals surface area contributed by atoms with E-state index in [1.807, 2.05) is 0 Å². The summed E-state index contributed by atoms with van der Waals surface area (Å²) in [6.07, 6.45) is 1.53. The minimum absolute atomic E-state index is 0.0728. The second-order valence-corrected chi connectivity index (χ2v) is 8.94. The van der Waals surface area contributed by atoms with Crippen LogP contribution < -0.4 is 4.72 Å². The Morgan fingerprint density at radius 3 is 2.65 bits per heavy atom. The highest BCUT2D eigenvalue weighted by atomic mass is 35.5. The van der Waals surface area contributed by atoms with Gasteiger partial charge in [-0.25, -0.2) is 22.9 Å². The minimum Gasteiger partial charge on any atom is -0.452 e. The number of halogens is 2. The third kappa shape index (κ3) is 6.33. The molecule has 0 atom stereocenters. The average molecular weight is 437 g/mol. The van der Waals surface area contributed by atoms with Crippen molar-refractivity contribution in [3.05, 3.63) is 49.9 Å². The fraction of sp³-hybridized carbons (Fsp3) is 0.267. The molecule has 2 rings (SSSR count). The molecule has 2 aromatic rings. The van der Waals surface area contributed by atoms with Crippen LogP contribution in [-0.2, 0) is 21.2 Å². The van der Waals surface area contributed by atoms with Crippen molar-refractivity contribution in [2.75, 3.05) is 19.4 Å². The van der Waals surface area contributed by atoms with Gasteiger partial charge in [-0.1, -0.05) is 23.2 Å². The van der Waals surface area contributed by atoms with Crippen molar-refractivity contribution in [1.82, 2.24) is 9.71 Å². The Morgan fingerprint density at radius 1 is 1.23 bits per heavy atom. The summed E-state index contributed by atoms with van der Waals surface area (Å²) in [5, 5.41) is 0.155. The lowest BCUT2D eigenvalue weighted by molar-refractivity contribution is 0.0470. The molecule has 0 aliphatic carbocycles. The summed E-state index contributed by atoms with van der Waals surface area (Å²) in [7, 11) is -3.25. The van der Waals surface area contributed by atoms with E-state index in [0.29, 0.717) is 11.3 Å². The number of carbonyl (C=O) groups excluding carboxylic acids is 2.